The van der Waals surface area contributed by atoms with E-state index in [0.717, 1.165) is 5.75 Å². The van der Waals surface area contributed by atoms with Crippen LogP contribution < -0.4 is 4.74 Å². The van der Waals surface area contributed by atoms with Gasteiger partial charge in [0.15, 0.2) is 5.78 Å². The van der Waals surface area contributed by atoms with Crippen molar-refractivity contribution in [3.63, 3.8) is 0 Å². The van der Waals surface area contributed by atoms with Gasteiger partial charge in [-0.3, -0.25) is 9.59 Å². The maximum absolute atomic E-state index is 12.6. The van der Waals surface area contributed by atoms with Crippen molar-refractivity contribution in [3.05, 3.63) is 29.8 Å². The SMILES string of the molecule is CCOCCOC(C)C(=O)N1CCC(C(=O)c2ccc(OC)cc2)CC1. The number of hydrogen-bond donors (Lipinski definition) is 0. The van der Waals surface area contributed by atoms with Crippen molar-refractivity contribution in [2.45, 2.75) is 32.8 Å². The highest BCUT2D eigenvalue weighted by molar-refractivity contribution is 5.98. The lowest BCUT2D eigenvalue weighted by molar-refractivity contribution is -0.144. The van der Waals surface area contributed by atoms with Crippen molar-refractivity contribution in [2.24, 2.45) is 5.92 Å². The molecule has 0 aromatic heterocycles. The highest BCUT2D eigenvalue weighted by Gasteiger charge is 2.30. The molecular formula is C20H29NO5. The Hall–Kier alpha value is -1.92. The molecule has 1 unspecified atom stereocenters. The van der Waals surface area contributed by atoms with Crippen molar-refractivity contribution in [1.82, 2.24) is 4.90 Å². The lowest BCUT2D eigenvalue weighted by Gasteiger charge is -2.33. The smallest absolute Gasteiger partial charge is 0.251 e. The zero-order valence-electron chi connectivity index (χ0n) is 15.9. The number of ketones is 1. The Balaban J connectivity index is 1.80. The van der Waals surface area contributed by atoms with Crippen molar-refractivity contribution in [2.75, 3.05) is 40.0 Å². The Morgan fingerprint density at radius 2 is 1.81 bits per heavy atom. The van der Waals surface area contributed by atoms with E-state index in [1.807, 2.05) is 6.92 Å². The number of nitrogens with zero attached hydrogens (tertiary/aromatic N) is 1. The first-order valence-corrected chi connectivity index (χ1v) is 9.23. The summed E-state index contributed by atoms with van der Waals surface area (Å²) in [6.07, 6.45) is 0.883. The predicted molar refractivity (Wildman–Crippen MR) is 98.5 cm³/mol. The molecule has 0 saturated carbocycles. The summed E-state index contributed by atoms with van der Waals surface area (Å²) in [5, 5.41) is 0. The summed E-state index contributed by atoms with van der Waals surface area (Å²) in [5.74, 6) is 0.819. The number of carbonyl (C=O) groups excluding carboxylic acids is 2. The van der Waals surface area contributed by atoms with Gasteiger partial charge in [-0.25, -0.2) is 0 Å². The molecular weight excluding hydrogens is 334 g/mol. The van der Waals surface area contributed by atoms with E-state index < -0.39 is 6.10 Å². The van der Waals surface area contributed by atoms with E-state index in [4.69, 9.17) is 14.2 Å². The number of benzene rings is 1. The molecule has 144 valence electrons. The van der Waals surface area contributed by atoms with Crippen LogP contribution in [0.15, 0.2) is 24.3 Å². The zero-order chi connectivity index (χ0) is 18.9. The molecule has 2 rings (SSSR count). The van der Waals surface area contributed by atoms with E-state index in [1.54, 1.807) is 43.2 Å². The molecule has 1 saturated heterocycles. The highest BCUT2D eigenvalue weighted by Crippen LogP contribution is 2.23. The van der Waals surface area contributed by atoms with Gasteiger partial charge in [-0.1, -0.05) is 0 Å². The van der Waals surface area contributed by atoms with Crippen LogP contribution in [0.2, 0.25) is 0 Å². The number of piperidine rings is 1. The Kier molecular flexibility index (Phi) is 8.06. The third-order valence-electron chi connectivity index (χ3n) is 4.70. The van der Waals surface area contributed by atoms with Crippen LogP contribution in [0.1, 0.15) is 37.0 Å². The summed E-state index contributed by atoms with van der Waals surface area (Å²) < 4.78 is 15.9. The molecule has 1 aromatic carbocycles. The van der Waals surface area contributed by atoms with E-state index in [0.29, 0.717) is 51.3 Å². The number of carbonyl (C=O) groups is 2. The molecule has 6 heteroatoms. The van der Waals surface area contributed by atoms with Gasteiger partial charge in [0, 0.05) is 31.2 Å². The maximum atomic E-state index is 12.6. The Morgan fingerprint density at radius 3 is 2.38 bits per heavy atom. The first-order valence-electron chi connectivity index (χ1n) is 9.23. The fraction of sp³-hybridized carbons (Fsp3) is 0.600. The van der Waals surface area contributed by atoms with E-state index in [9.17, 15) is 9.59 Å². The summed E-state index contributed by atoms with van der Waals surface area (Å²) in [7, 11) is 1.60. The second kappa shape index (κ2) is 10.3. The van der Waals surface area contributed by atoms with Gasteiger partial charge >= 0.3 is 0 Å². The molecule has 1 atom stereocenters. The highest BCUT2D eigenvalue weighted by atomic mass is 16.5. The Labute approximate surface area is 155 Å². The predicted octanol–water partition coefficient (Wildman–Crippen LogP) is 2.56. The fourth-order valence-electron chi connectivity index (χ4n) is 3.11. The zero-order valence-corrected chi connectivity index (χ0v) is 15.9. The Morgan fingerprint density at radius 1 is 1.15 bits per heavy atom. The van der Waals surface area contributed by atoms with E-state index >= 15 is 0 Å². The van der Waals surface area contributed by atoms with Gasteiger partial charge < -0.3 is 19.1 Å². The van der Waals surface area contributed by atoms with Gasteiger partial charge in [0.1, 0.15) is 11.9 Å². The molecule has 26 heavy (non-hydrogen) atoms. The summed E-state index contributed by atoms with van der Waals surface area (Å²) in [4.78, 5) is 26.9. The molecule has 1 amide bonds. The van der Waals surface area contributed by atoms with E-state index in [2.05, 4.69) is 0 Å². The minimum atomic E-state index is -0.482. The fourth-order valence-corrected chi connectivity index (χ4v) is 3.11. The van der Waals surface area contributed by atoms with Gasteiger partial charge in [0.25, 0.3) is 5.91 Å². The van der Waals surface area contributed by atoms with Crippen LogP contribution in [0.5, 0.6) is 5.75 Å². The third-order valence-corrected chi connectivity index (χ3v) is 4.70. The molecule has 1 aliphatic heterocycles. The number of rotatable bonds is 9. The van der Waals surface area contributed by atoms with Gasteiger partial charge in [-0.2, -0.15) is 0 Å². The topological polar surface area (TPSA) is 65.1 Å². The van der Waals surface area contributed by atoms with Gasteiger partial charge in [-0.15, -0.1) is 0 Å². The molecule has 0 spiro atoms. The van der Waals surface area contributed by atoms with Gasteiger partial charge in [-0.05, 0) is 51.0 Å². The van der Waals surface area contributed by atoms with Crippen LogP contribution in [0, 0.1) is 5.92 Å². The summed E-state index contributed by atoms with van der Waals surface area (Å²) in [5.41, 5.74) is 0.697. The first-order chi connectivity index (χ1) is 12.6. The molecule has 0 N–H and O–H groups in total. The average molecular weight is 363 g/mol. The lowest BCUT2D eigenvalue weighted by atomic mass is 9.88. The molecule has 1 aliphatic rings. The van der Waals surface area contributed by atoms with Crippen molar-refractivity contribution in [3.8, 4) is 5.75 Å². The number of ether oxygens (including phenoxy) is 3. The largest absolute Gasteiger partial charge is 0.497 e. The van der Waals surface area contributed by atoms with Gasteiger partial charge in [0.05, 0.1) is 20.3 Å². The number of amides is 1. The van der Waals surface area contributed by atoms with Crippen LogP contribution >= 0.6 is 0 Å². The summed E-state index contributed by atoms with van der Waals surface area (Å²) >= 11 is 0. The van der Waals surface area contributed by atoms with E-state index in [-0.39, 0.29) is 17.6 Å². The number of likely N-dealkylation sites (tertiary alicyclic amines) is 1. The lowest BCUT2D eigenvalue weighted by Crippen LogP contribution is -2.45. The summed E-state index contributed by atoms with van der Waals surface area (Å²) in [6, 6.07) is 7.19. The number of Topliss-reactive ketones (excluding diaryl/α,β-unsaturated/α-hetero) is 1. The first kappa shape index (κ1) is 20.4. The number of methoxy groups -OCH3 is 1. The Bertz CT molecular complexity index is 578. The second-order valence-electron chi connectivity index (χ2n) is 6.40. The second-order valence-corrected chi connectivity index (χ2v) is 6.40. The number of hydrogen-bond acceptors (Lipinski definition) is 5. The molecule has 0 radical (unpaired) electrons. The van der Waals surface area contributed by atoms with Crippen LogP contribution in [-0.4, -0.2) is 62.7 Å². The van der Waals surface area contributed by atoms with Crippen molar-refractivity contribution in [1.29, 1.82) is 0 Å². The standard InChI is InChI=1S/C20H29NO5/c1-4-25-13-14-26-15(2)20(23)21-11-9-17(10-12-21)19(22)16-5-7-18(24-3)8-6-16/h5-8,15,17H,4,9-14H2,1-3H3. The minimum absolute atomic E-state index is 0.0168. The van der Waals surface area contributed by atoms with Gasteiger partial charge in [0.2, 0.25) is 0 Å². The molecule has 0 bridgehead atoms. The van der Waals surface area contributed by atoms with Crippen LogP contribution in [0.3, 0.4) is 0 Å². The molecule has 1 aromatic rings. The summed E-state index contributed by atoms with van der Waals surface area (Å²) in [6.45, 7) is 6.41. The molecule has 6 nitrogen and oxygen atoms in total. The van der Waals surface area contributed by atoms with Crippen molar-refractivity contribution >= 4 is 11.7 Å². The van der Waals surface area contributed by atoms with Crippen LogP contribution in [0.4, 0.5) is 0 Å². The van der Waals surface area contributed by atoms with E-state index in [1.165, 1.54) is 0 Å². The minimum Gasteiger partial charge on any atom is -0.497 e. The molecule has 1 heterocycles. The molecule has 1 fully saturated rings. The third kappa shape index (κ3) is 5.54. The van der Waals surface area contributed by atoms with Crippen molar-refractivity contribution < 1.29 is 23.8 Å². The quantitative estimate of drug-likeness (QED) is 0.498. The monoisotopic (exact) mass is 363 g/mol. The van der Waals surface area contributed by atoms with Crippen LogP contribution in [-0.2, 0) is 14.3 Å². The maximum Gasteiger partial charge on any atom is 0.251 e. The molecule has 0 aliphatic carbocycles. The normalized spacial score (nSPS) is 16.3. The van der Waals surface area contributed by atoms with Crippen LogP contribution in [0.25, 0.3) is 0 Å². The average Bonchev–Trinajstić information content (AvgIpc) is 2.70.